The number of aromatic nitrogens is 1. The highest BCUT2D eigenvalue weighted by Crippen LogP contribution is 2.20. The molecule has 5 heteroatoms. The van der Waals surface area contributed by atoms with Crippen LogP contribution in [-0.2, 0) is 0 Å². The van der Waals surface area contributed by atoms with Crippen LogP contribution in [-0.4, -0.2) is 4.98 Å². The largest absolute Gasteiger partial charge is 0.313 e. The molecular formula is C8H6F2N2O. The second-order valence-corrected chi connectivity index (χ2v) is 2.50. The van der Waals surface area contributed by atoms with E-state index in [9.17, 15) is 13.6 Å². The van der Waals surface area contributed by atoms with Crippen molar-refractivity contribution in [3.63, 3.8) is 0 Å². The molecule has 0 spiro atoms. The first kappa shape index (κ1) is 9.39. The summed E-state index contributed by atoms with van der Waals surface area (Å²) in [4.78, 5) is 13.2. The first-order valence-electron chi connectivity index (χ1n) is 3.48. The molecule has 0 amide bonds. The second-order valence-electron chi connectivity index (χ2n) is 2.50. The third-order valence-corrected chi connectivity index (χ3v) is 1.68. The summed E-state index contributed by atoms with van der Waals surface area (Å²) >= 11 is 0. The summed E-state index contributed by atoms with van der Waals surface area (Å²) in [6.07, 6.45) is -2.73. The van der Waals surface area contributed by atoms with Crippen molar-refractivity contribution in [1.82, 2.24) is 4.98 Å². The summed E-state index contributed by atoms with van der Waals surface area (Å²) in [6.45, 7) is 1.29. The zero-order valence-corrected chi connectivity index (χ0v) is 6.77. The number of halogens is 2. The van der Waals surface area contributed by atoms with Crippen LogP contribution >= 0.6 is 0 Å². The monoisotopic (exact) mass is 184 g/mol. The molecule has 0 aliphatic rings. The zero-order valence-electron chi connectivity index (χ0n) is 6.77. The van der Waals surface area contributed by atoms with Crippen LogP contribution in [0.4, 0.5) is 8.78 Å². The average Bonchev–Trinajstić information content (AvgIpc) is 2.09. The van der Waals surface area contributed by atoms with E-state index in [1.54, 1.807) is 6.07 Å². The molecule has 0 radical (unpaired) electrons. The average molecular weight is 184 g/mol. The van der Waals surface area contributed by atoms with Crippen molar-refractivity contribution in [1.29, 1.82) is 5.26 Å². The van der Waals surface area contributed by atoms with Gasteiger partial charge in [0.2, 0.25) is 0 Å². The van der Waals surface area contributed by atoms with Gasteiger partial charge in [0.1, 0.15) is 11.8 Å². The molecular weight excluding hydrogens is 178 g/mol. The lowest BCUT2D eigenvalue weighted by atomic mass is 10.1. The molecule has 3 nitrogen and oxygen atoms in total. The standard InChI is InChI=1S/C8H6F2N2O/c1-4-6(7(9)10)2-5(3-11)12-8(4)13/h2,7H,1H3,(H,12,13). The molecule has 0 aliphatic heterocycles. The van der Waals surface area contributed by atoms with Crippen LogP contribution < -0.4 is 5.56 Å². The summed E-state index contributed by atoms with van der Waals surface area (Å²) in [7, 11) is 0. The smallest absolute Gasteiger partial charge is 0.264 e. The quantitative estimate of drug-likeness (QED) is 0.718. The molecule has 68 valence electrons. The first-order chi connectivity index (χ1) is 6.06. The molecule has 0 saturated carbocycles. The molecule has 0 fully saturated rings. The van der Waals surface area contributed by atoms with Gasteiger partial charge >= 0.3 is 0 Å². The Hall–Kier alpha value is -1.70. The van der Waals surface area contributed by atoms with Gasteiger partial charge < -0.3 is 4.98 Å². The van der Waals surface area contributed by atoms with Crippen molar-refractivity contribution < 1.29 is 8.78 Å². The summed E-state index contributed by atoms with van der Waals surface area (Å²) < 4.78 is 24.5. The van der Waals surface area contributed by atoms with Crippen LogP contribution in [0, 0.1) is 18.3 Å². The maximum absolute atomic E-state index is 12.3. The minimum atomic E-state index is -2.73. The minimum absolute atomic E-state index is 0.0472. The fourth-order valence-corrected chi connectivity index (χ4v) is 0.934. The number of alkyl halides is 2. The zero-order chi connectivity index (χ0) is 10.0. The first-order valence-corrected chi connectivity index (χ1v) is 3.48. The van der Waals surface area contributed by atoms with E-state index in [0.29, 0.717) is 0 Å². The molecule has 0 aromatic carbocycles. The Labute approximate surface area is 72.6 Å². The summed E-state index contributed by atoms with van der Waals surface area (Å²) in [5.74, 6) is 0. The van der Waals surface area contributed by atoms with E-state index in [0.717, 1.165) is 6.07 Å². The van der Waals surface area contributed by atoms with Crippen LogP contribution in [0.1, 0.15) is 23.2 Å². The van der Waals surface area contributed by atoms with Crippen molar-refractivity contribution >= 4 is 0 Å². The van der Waals surface area contributed by atoms with Gasteiger partial charge in [0, 0.05) is 11.1 Å². The molecule has 1 N–H and O–H groups in total. The maximum Gasteiger partial charge on any atom is 0.264 e. The molecule has 0 saturated heterocycles. The van der Waals surface area contributed by atoms with Gasteiger partial charge in [-0.05, 0) is 13.0 Å². The van der Waals surface area contributed by atoms with Crippen molar-refractivity contribution in [3.8, 4) is 6.07 Å². The predicted molar refractivity (Wildman–Crippen MR) is 41.5 cm³/mol. The van der Waals surface area contributed by atoms with Gasteiger partial charge in [-0.2, -0.15) is 5.26 Å². The number of hydrogen-bond donors (Lipinski definition) is 1. The number of pyridine rings is 1. The van der Waals surface area contributed by atoms with Gasteiger partial charge in [-0.15, -0.1) is 0 Å². The van der Waals surface area contributed by atoms with Gasteiger partial charge in [0.25, 0.3) is 12.0 Å². The fourth-order valence-electron chi connectivity index (χ4n) is 0.934. The molecule has 13 heavy (non-hydrogen) atoms. The number of aromatic amines is 1. The topological polar surface area (TPSA) is 56.6 Å². The Bertz CT molecular complexity index is 417. The number of nitrogens with zero attached hydrogens (tertiary/aromatic N) is 1. The van der Waals surface area contributed by atoms with Crippen LogP contribution in [0.25, 0.3) is 0 Å². The van der Waals surface area contributed by atoms with E-state index in [2.05, 4.69) is 4.98 Å². The van der Waals surface area contributed by atoms with Gasteiger partial charge in [-0.1, -0.05) is 0 Å². The highest BCUT2D eigenvalue weighted by Gasteiger charge is 2.13. The van der Waals surface area contributed by atoms with Gasteiger partial charge in [0.15, 0.2) is 0 Å². The predicted octanol–water partition coefficient (Wildman–Crippen LogP) is 1.49. The van der Waals surface area contributed by atoms with Crippen molar-refractivity contribution in [2.24, 2.45) is 0 Å². The normalized spacial score (nSPS) is 10.1. The van der Waals surface area contributed by atoms with E-state index in [1.165, 1.54) is 6.92 Å². The SMILES string of the molecule is Cc1c(C(F)F)cc(C#N)[nH]c1=O. The van der Waals surface area contributed by atoms with E-state index in [1.807, 2.05) is 0 Å². The number of rotatable bonds is 1. The van der Waals surface area contributed by atoms with E-state index < -0.39 is 12.0 Å². The fraction of sp³-hybridized carbons (Fsp3) is 0.250. The second kappa shape index (κ2) is 3.35. The molecule has 1 heterocycles. The van der Waals surface area contributed by atoms with Gasteiger partial charge in [0.05, 0.1) is 0 Å². The summed E-state index contributed by atoms with van der Waals surface area (Å²) in [6, 6.07) is 2.59. The van der Waals surface area contributed by atoms with Crippen LogP contribution in [0.2, 0.25) is 0 Å². The molecule has 1 aromatic rings. The lowest BCUT2D eigenvalue weighted by molar-refractivity contribution is 0.150. The van der Waals surface area contributed by atoms with Crippen LogP contribution in [0.5, 0.6) is 0 Å². The van der Waals surface area contributed by atoms with E-state index in [-0.39, 0.29) is 16.8 Å². The van der Waals surface area contributed by atoms with Gasteiger partial charge in [-0.25, -0.2) is 8.78 Å². The third kappa shape index (κ3) is 1.72. The van der Waals surface area contributed by atoms with Crippen molar-refractivity contribution in [2.75, 3.05) is 0 Å². The molecule has 0 bridgehead atoms. The molecule has 0 aliphatic carbocycles. The lowest BCUT2D eigenvalue weighted by Gasteiger charge is -2.02. The Morgan fingerprint density at radius 1 is 1.62 bits per heavy atom. The van der Waals surface area contributed by atoms with E-state index in [4.69, 9.17) is 5.26 Å². The highest BCUT2D eigenvalue weighted by atomic mass is 19.3. The molecule has 0 atom stereocenters. The Morgan fingerprint density at radius 2 is 2.23 bits per heavy atom. The summed E-state index contributed by atoms with van der Waals surface area (Å²) in [5, 5.41) is 8.39. The molecule has 1 rings (SSSR count). The molecule has 0 unspecified atom stereocenters. The van der Waals surface area contributed by atoms with Crippen LogP contribution in [0.15, 0.2) is 10.9 Å². The number of nitriles is 1. The Morgan fingerprint density at radius 3 is 2.69 bits per heavy atom. The van der Waals surface area contributed by atoms with E-state index >= 15 is 0 Å². The number of H-pyrrole nitrogens is 1. The van der Waals surface area contributed by atoms with Crippen LogP contribution in [0.3, 0.4) is 0 Å². The number of nitrogens with one attached hydrogen (secondary N) is 1. The van der Waals surface area contributed by atoms with Crippen molar-refractivity contribution in [3.05, 3.63) is 33.2 Å². The lowest BCUT2D eigenvalue weighted by Crippen LogP contribution is -2.14. The Balaban J connectivity index is 3.44. The molecule has 1 aromatic heterocycles. The van der Waals surface area contributed by atoms with Crippen molar-refractivity contribution in [2.45, 2.75) is 13.3 Å². The minimum Gasteiger partial charge on any atom is -0.313 e. The number of hydrogen-bond acceptors (Lipinski definition) is 2. The Kier molecular flexibility index (Phi) is 2.42. The maximum atomic E-state index is 12.3. The van der Waals surface area contributed by atoms with Gasteiger partial charge in [-0.3, -0.25) is 4.79 Å². The highest BCUT2D eigenvalue weighted by molar-refractivity contribution is 5.31. The third-order valence-electron chi connectivity index (χ3n) is 1.68. The summed E-state index contributed by atoms with van der Waals surface area (Å²) in [5.41, 5.74) is -1.23.